The van der Waals surface area contributed by atoms with Crippen LogP contribution in [0.15, 0.2) is 47.3 Å². The second kappa shape index (κ2) is 6.64. The molecule has 0 unspecified atom stereocenters. The molecule has 0 atom stereocenters. The summed E-state index contributed by atoms with van der Waals surface area (Å²) in [5.74, 6) is -0.505. The monoisotopic (exact) mass is 363 g/mol. The van der Waals surface area contributed by atoms with Crippen LogP contribution in [0, 0.1) is 6.92 Å². The lowest BCUT2D eigenvalue weighted by Gasteiger charge is -2.07. The Bertz CT molecular complexity index is 1230. The topological polar surface area (TPSA) is 91.4 Å². The van der Waals surface area contributed by atoms with Crippen LogP contribution in [0.4, 0.5) is 0 Å². The minimum absolute atomic E-state index is 0.0851. The molecule has 136 valence electrons. The molecule has 0 saturated carbocycles. The summed E-state index contributed by atoms with van der Waals surface area (Å²) in [5, 5.41) is 8.07. The van der Waals surface area contributed by atoms with Gasteiger partial charge < -0.3 is 4.74 Å². The first-order chi connectivity index (χ1) is 13.1. The Kier molecular flexibility index (Phi) is 4.15. The Balaban J connectivity index is 1.55. The molecule has 0 aliphatic rings. The molecule has 3 heterocycles. The number of carbonyl (C=O) groups is 1. The molecule has 1 aromatic carbocycles. The van der Waals surface area contributed by atoms with Crippen molar-refractivity contribution in [2.24, 2.45) is 0 Å². The number of aromatic nitrogens is 5. The van der Waals surface area contributed by atoms with E-state index in [1.165, 1.54) is 10.5 Å². The van der Waals surface area contributed by atoms with Crippen LogP contribution in [0.3, 0.4) is 0 Å². The van der Waals surface area contributed by atoms with E-state index in [0.717, 1.165) is 11.2 Å². The minimum Gasteiger partial charge on any atom is -0.456 e. The van der Waals surface area contributed by atoms with Gasteiger partial charge >= 0.3 is 5.97 Å². The molecule has 0 bridgehead atoms. The highest BCUT2D eigenvalue weighted by molar-refractivity contribution is 5.93. The lowest BCUT2D eigenvalue weighted by molar-refractivity contribution is 0.0468. The summed E-state index contributed by atoms with van der Waals surface area (Å²) in [5.41, 5.74) is 3.36. The fraction of sp³-hybridized carbons (Fsp3) is 0.211. The van der Waals surface area contributed by atoms with E-state index in [1.807, 2.05) is 26.0 Å². The maximum Gasteiger partial charge on any atom is 0.338 e. The SMILES string of the molecule is CCn1nnc2cc(C(=O)OCc3cc(=O)n4c(C)cccc4n3)ccc21. The molecule has 4 rings (SSSR count). The van der Waals surface area contributed by atoms with Crippen molar-refractivity contribution in [3.8, 4) is 0 Å². The Morgan fingerprint density at radius 3 is 2.85 bits per heavy atom. The quantitative estimate of drug-likeness (QED) is 0.516. The summed E-state index contributed by atoms with van der Waals surface area (Å²) in [4.78, 5) is 29.0. The molecule has 8 nitrogen and oxygen atoms in total. The van der Waals surface area contributed by atoms with E-state index < -0.39 is 5.97 Å². The van der Waals surface area contributed by atoms with Crippen LogP contribution in [-0.4, -0.2) is 30.3 Å². The van der Waals surface area contributed by atoms with E-state index in [2.05, 4.69) is 15.3 Å². The van der Waals surface area contributed by atoms with E-state index in [0.29, 0.717) is 29.0 Å². The fourth-order valence-corrected chi connectivity index (χ4v) is 2.99. The normalized spacial score (nSPS) is 11.2. The summed E-state index contributed by atoms with van der Waals surface area (Å²) in [6.45, 7) is 4.42. The molecule has 27 heavy (non-hydrogen) atoms. The maximum atomic E-state index is 12.4. The number of hydrogen-bond acceptors (Lipinski definition) is 6. The molecule has 3 aromatic heterocycles. The third-order valence-corrected chi connectivity index (χ3v) is 4.33. The molecule has 8 heteroatoms. The van der Waals surface area contributed by atoms with Crippen LogP contribution >= 0.6 is 0 Å². The molecule has 0 spiro atoms. The van der Waals surface area contributed by atoms with Gasteiger partial charge in [0.15, 0.2) is 0 Å². The van der Waals surface area contributed by atoms with Crippen molar-refractivity contribution in [1.82, 2.24) is 24.4 Å². The molecule has 0 fully saturated rings. The van der Waals surface area contributed by atoms with Crippen molar-refractivity contribution in [1.29, 1.82) is 0 Å². The zero-order chi connectivity index (χ0) is 19.0. The number of fused-ring (bicyclic) bond motifs is 2. The number of pyridine rings is 1. The van der Waals surface area contributed by atoms with Crippen molar-refractivity contribution >= 4 is 22.6 Å². The van der Waals surface area contributed by atoms with Crippen LogP contribution in [0.25, 0.3) is 16.7 Å². The Labute approximate surface area is 154 Å². The lowest BCUT2D eigenvalue weighted by atomic mass is 10.2. The number of rotatable bonds is 4. The second-order valence-corrected chi connectivity index (χ2v) is 6.13. The number of carbonyl (C=O) groups excluding carboxylic acids is 1. The highest BCUT2D eigenvalue weighted by Gasteiger charge is 2.12. The van der Waals surface area contributed by atoms with Crippen molar-refractivity contribution in [2.45, 2.75) is 27.0 Å². The van der Waals surface area contributed by atoms with Crippen LogP contribution in [0.2, 0.25) is 0 Å². The predicted molar refractivity (Wildman–Crippen MR) is 98.5 cm³/mol. The molecular weight excluding hydrogens is 346 g/mol. The lowest BCUT2D eigenvalue weighted by Crippen LogP contribution is -2.18. The zero-order valence-electron chi connectivity index (χ0n) is 14.9. The highest BCUT2D eigenvalue weighted by Crippen LogP contribution is 2.15. The average Bonchev–Trinajstić information content (AvgIpc) is 3.08. The maximum absolute atomic E-state index is 12.4. The number of ether oxygens (including phenoxy) is 1. The summed E-state index contributed by atoms with van der Waals surface area (Å²) < 4.78 is 8.58. The van der Waals surface area contributed by atoms with Gasteiger partial charge in [-0.2, -0.15) is 0 Å². The van der Waals surface area contributed by atoms with Gasteiger partial charge in [0.05, 0.1) is 16.8 Å². The van der Waals surface area contributed by atoms with Crippen LogP contribution in [0.5, 0.6) is 0 Å². The third kappa shape index (κ3) is 3.05. The Morgan fingerprint density at radius 1 is 1.19 bits per heavy atom. The number of esters is 1. The van der Waals surface area contributed by atoms with E-state index in [9.17, 15) is 9.59 Å². The smallest absolute Gasteiger partial charge is 0.338 e. The fourth-order valence-electron chi connectivity index (χ4n) is 2.99. The minimum atomic E-state index is -0.505. The van der Waals surface area contributed by atoms with Gasteiger partial charge in [-0.15, -0.1) is 5.10 Å². The predicted octanol–water partition coefficient (Wildman–Crippen LogP) is 2.12. The van der Waals surface area contributed by atoms with Crippen LogP contribution in [0.1, 0.15) is 28.7 Å². The molecule has 0 aliphatic carbocycles. The number of benzene rings is 1. The van der Waals surface area contributed by atoms with E-state index in [-0.39, 0.29) is 12.2 Å². The molecular formula is C19H17N5O3. The van der Waals surface area contributed by atoms with Crippen molar-refractivity contribution < 1.29 is 9.53 Å². The van der Waals surface area contributed by atoms with E-state index >= 15 is 0 Å². The first-order valence-electron chi connectivity index (χ1n) is 8.55. The van der Waals surface area contributed by atoms with Crippen molar-refractivity contribution in [3.63, 3.8) is 0 Å². The van der Waals surface area contributed by atoms with Crippen LogP contribution in [-0.2, 0) is 17.9 Å². The number of nitrogens with zero attached hydrogens (tertiary/aromatic N) is 5. The summed E-state index contributed by atoms with van der Waals surface area (Å²) >= 11 is 0. The van der Waals surface area contributed by atoms with Gasteiger partial charge in [0, 0.05) is 18.3 Å². The third-order valence-electron chi connectivity index (χ3n) is 4.33. The van der Waals surface area contributed by atoms with Gasteiger partial charge in [0.25, 0.3) is 5.56 Å². The number of hydrogen-bond donors (Lipinski definition) is 0. The average molecular weight is 363 g/mol. The molecule has 0 amide bonds. The van der Waals surface area contributed by atoms with Gasteiger partial charge in [-0.1, -0.05) is 11.3 Å². The first-order valence-corrected chi connectivity index (χ1v) is 8.55. The van der Waals surface area contributed by atoms with Crippen molar-refractivity contribution in [2.75, 3.05) is 0 Å². The van der Waals surface area contributed by atoms with E-state index in [4.69, 9.17) is 4.74 Å². The molecule has 0 N–H and O–H groups in total. The standard InChI is InChI=1S/C19H17N5O3/c1-3-23-16-8-7-13(9-15(16)21-22-23)19(26)27-11-14-10-18(25)24-12(2)5-4-6-17(24)20-14/h4-10H,3,11H2,1-2H3. The molecule has 0 radical (unpaired) electrons. The van der Waals surface area contributed by atoms with E-state index in [1.54, 1.807) is 28.9 Å². The van der Waals surface area contributed by atoms with Gasteiger partial charge in [0.1, 0.15) is 17.8 Å². The summed E-state index contributed by atoms with van der Waals surface area (Å²) in [6.07, 6.45) is 0. The Hall–Kier alpha value is -3.55. The highest BCUT2D eigenvalue weighted by atomic mass is 16.5. The van der Waals surface area contributed by atoms with Gasteiger partial charge in [-0.3, -0.25) is 9.20 Å². The summed E-state index contributed by atoms with van der Waals surface area (Å²) in [6, 6.07) is 11.9. The van der Waals surface area contributed by atoms with Gasteiger partial charge in [-0.25, -0.2) is 14.5 Å². The number of aryl methyl sites for hydroxylation is 2. The Morgan fingerprint density at radius 2 is 2.04 bits per heavy atom. The van der Waals surface area contributed by atoms with Gasteiger partial charge in [0.2, 0.25) is 0 Å². The summed E-state index contributed by atoms with van der Waals surface area (Å²) in [7, 11) is 0. The second-order valence-electron chi connectivity index (χ2n) is 6.13. The largest absolute Gasteiger partial charge is 0.456 e. The zero-order valence-corrected chi connectivity index (χ0v) is 14.9. The van der Waals surface area contributed by atoms with Gasteiger partial charge in [-0.05, 0) is 44.2 Å². The first kappa shape index (κ1) is 16.9. The molecule has 4 aromatic rings. The molecule has 0 saturated heterocycles. The molecule has 0 aliphatic heterocycles. The van der Waals surface area contributed by atoms with Crippen molar-refractivity contribution in [3.05, 3.63) is 69.8 Å². The van der Waals surface area contributed by atoms with Crippen LogP contribution < -0.4 is 5.56 Å².